The van der Waals surface area contributed by atoms with E-state index in [9.17, 15) is 14.0 Å². The molecule has 1 aromatic carbocycles. The Morgan fingerprint density at radius 2 is 2.04 bits per heavy atom. The van der Waals surface area contributed by atoms with Crippen LogP contribution in [-0.4, -0.2) is 26.8 Å². The molecular weight excluding hydrogens is 361 g/mol. The Morgan fingerprint density at radius 1 is 1.21 bits per heavy atom. The molecule has 0 atom stereocenters. The fourth-order valence-corrected chi connectivity index (χ4v) is 3.09. The molecule has 4 N–H and O–H groups in total. The minimum Gasteiger partial charge on any atom is -0.369 e. The molecule has 0 aliphatic heterocycles. The first-order chi connectivity index (χ1) is 13.5. The number of hydrogen-bond acceptors (Lipinski definition) is 4. The van der Waals surface area contributed by atoms with E-state index in [0.717, 1.165) is 0 Å². The molecule has 1 aliphatic carbocycles. The highest BCUT2D eigenvalue weighted by Gasteiger charge is 2.55. The van der Waals surface area contributed by atoms with Crippen LogP contribution in [-0.2, 0) is 16.1 Å². The average Bonchev–Trinajstić information content (AvgIpc) is 3.41. The van der Waals surface area contributed by atoms with E-state index in [4.69, 9.17) is 5.73 Å². The highest BCUT2D eigenvalue weighted by molar-refractivity contribution is 6.07. The predicted octanol–water partition coefficient (Wildman–Crippen LogP) is 2.16. The number of hydrogen-bond donors (Lipinski definition) is 3. The Bertz CT molecular complexity index is 1040. The molecule has 1 aliphatic rings. The van der Waals surface area contributed by atoms with Gasteiger partial charge in [0.25, 0.3) is 0 Å². The van der Waals surface area contributed by atoms with E-state index in [1.165, 1.54) is 12.1 Å². The molecule has 4 rings (SSSR count). The Kier molecular flexibility index (Phi) is 4.38. The van der Waals surface area contributed by atoms with E-state index in [0.29, 0.717) is 41.3 Å². The lowest BCUT2D eigenvalue weighted by Gasteiger charge is -2.10. The molecule has 2 heterocycles. The Labute approximate surface area is 160 Å². The van der Waals surface area contributed by atoms with Crippen LogP contribution in [0.25, 0.3) is 22.6 Å². The molecule has 0 unspecified atom stereocenters. The monoisotopic (exact) mass is 379 g/mol. The van der Waals surface area contributed by atoms with E-state index in [-0.39, 0.29) is 12.4 Å². The summed E-state index contributed by atoms with van der Waals surface area (Å²) in [6.07, 6.45) is 2.57. The lowest BCUT2D eigenvalue weighted by molar-refractivity contribution is -0.135. The first-order valence-corrected chi connectivity index (χ1v) is 8.84. The molecule has 8 heteroatoms. The smallest absolute Gasteiger partial charge is 0.236 e. The van der Waals surface area contributed by atoms with Gasteiger partial charge in [-0.3, -0.25) is 14.6 Å². The van der Waals surface area contributed by atoms with E-state index in [2.05, 4.69) is 20.3 Å². The zero-order valence-corrected chi connectivity index (χ0v) is 14.9. The molecular formula is C20H18FN5O2. The van der Waals surface area contributed by atoms with Gasteiger partial charge in [-0.15, -0.1) is 0 Å². The number of amides is 2. The fourth-order valence-electron chi connectivity index (χ4n) is 3.09. The number of primary amides is 1. The average molecular weight is 379 g/mol. The Hall–Kier alpha value is -3.55. The Balaban J connectivity index is 1.64. The largest absolute Gasteiger partial charge is 0.369 e. The van der Waals surface area contributed by atoms with Gasteiger partial charge in [0.1, 0.15) is 17.1 Å². The molecule has 28 heavy (non-hydrogen) atoms. The number of H-pyrrole nitrogens is 1. The van der Waals surface area contributed by atoms with Crippen molar-refractivity contribution in [3.63, 3.8) is 0 Å². The maximum atomic E-state index is 13.7. The normalized spacial score (nSPS) is 14.5. The van der Waals surface area contributed by atoms with Crippen molar-refractivity contribution in [3.8, 4) is 22.6 Å². The van der Waals surface area contributed by atoms with Crippen molar-refractivity contribution in [1.82, 2.24) is 20.3 Å². The number of carbonyl (C=O) groups excluding carboxylic acids is 2. The van der Waals surface area contributed by atoms with Crippen LogP contribution in [0.1, 0.15) is 18.7 Å². The van der Waals surface area contributed by atoms with Gasteiger partial charge in [0.2, 0.25) is 11.8 Å². The molecule has 0 radical (unpaired) electrons. The van der Waals surface area contributed by atoms with Crippen molar-refractivity contribution in [3.05, 3.63) is 60.3 Å². The van der Waals surface area contributed by atoms with Gasteiger partial charge in [-0.1, -0.05) is 18.2 Å². The van der Waals surface area contributed by atoms with Crippen LogP contribution in [0.5, 0.6) is 0 Å². The van der Waals surface area contributed by atoms with Gasteiger partial charge >= 0.3 is 0 Å². The second-order valence-electron chi connectivity index (χ2n) is 6.76. The van der Waals surface area contributed by atoms with Crippen molar-refractivity contribution in [2.24, 2.45) is 11.1 Å². The number of nitrogens with zero attached hydrogens (tertiary/aromatic N) is 2. The van der Waals surface area contributed by atoms with Gasteiger partial charge in [-0.25, -0.2) is 9.37 Å². The first kappa shape index (κ1) is 17.8. The highest BCUT2D eigenvalue weighted by atomic mass is 19.1. The van der Waals surface area contributed by atoms with Gasteiger partial charge in [0.15, 0.2) is 0 Å². The second kappa shape index (κ2) is 6.88. The number of pyridine rings is 1. The Morgan fingerprint density at radius 3 is 2.68 bits per heavy atom. The maximum Gasteiger partial charge on any atom is 0.236 e. The van der Waals surface area contributed by atoms with Crippen LogP contribution < -0.4 is 11.1 Å². The molecule has 142 valence electrons. The van der Waals surface area contributed by atoms with Crippen LogP contribution in [0, 0.1) is 11.2 Å². The molecule has 2 aromatic heterocycles. The second-order valence-corrected chi connectivity index (χ2v) is 6.76. The van der Waals surface area contributed by atoms with E-state index in [1.807, 2.05) is 12.1 Å². The number of nitrogens with two attached hydrogens (primary N) is 1. The van der Waals surface area contributed by atoms with Gasteiger partial charge < -0.3 is 16.0 Å². The quantitative estimate of drug-likeness (QED) is 0.570. The lowest BCUT2D eigenvalue weighted by atomic mass is 10.1. The lowest BCUT2D eigenvalue weighted by Crippen LogP contribution is -2.40. The summed E-state index contributed by atoms with van der Waals surface area (Å²) in [5.41, 5.74) is 6.61. The topological polar surface area (TPSA) is 114 Å². The van der Waals surface area contributed by atoms with Crippen LogP contribution in [0.2, 0.25) is 0 Å². The summed E-state index contributed by atoms with van der Waals surface area (Å²) in [7, 11) is 0. The number of carbonyl (C=O) groups is 2. The maximum absolute atomic E-state index is 13.7. The molecule has 0 spiro atoms. The highest BCUT2D eigenvalue weighted by Crippen LogP contribution is 2.45. The molecule has 3 aromatic rings. The number of imidazole rings is 1. The van der Waals surface area contributed by atoms with Crippen molar-refractivity contribution >= 4 is 11.8 Å². The molecule has 1 saturated carbocycles. The third kappa shape index (κ3) is 3.24. The third-order valence-corrected chi connectivity index (χ3v) is 4.84. The number of aromatic nitrogens is 3. The van der Waals surface area contributed by atoms with Crippen molar-refractivity contribution in [2.75, 3.05) is 0 Å². The minimum absolute atomic E-state index is 0.0863. The van der Waals surface area contributed by atoms with Gasteiger partial charge in [0.05, 0.1) is 23.6 Å². The third-order valence-electron chi connectivity index (χ3n) is 4.84. The zero-order chi connectivity index (χ0) is 19.7. The van der Waals surface area contributed by atoms with Gasteiger partial charge in [0, 0.05) is 11.8 Å². The number of rotatable bonds is 6. The van der Waals surface area contributed by atoms with Crippen LogP contribution >= 0.6 is 0 Å². The van der Waals surface area contributed by atoms with Gasteiger partial charge in [-0.05, 0) is 37.1 Å². The van der Waals surface area contributed by atoms with Crippen molar-refractivity contribution < 1.29 is 14.0 Å². The zero-order valence-electron chi connectivity index (χ0n) is 14.9. The number of benzene rings is 1. The standard InChI is InChI=1S/C20H18FN5O2/c21-13-5-3-4-12(10-13)16-17(14-6-1-2-9-23-14)26-15(25-16)11-24-19(28)20(7-8-20)18(22)27/h1-6,9-10H,7-8,11H2,(H2,22,27)(H,24,28)(H,25,26). The summed E-state index contributed by atoms with van der Waals surface area (Å²) >= 11 is 0. The minimum atomic E-state index is -1.10. The number of nitrogens with one attached hydrogen (secondary N) is 2. The number of aromatic amines is 1. The SMILES string of the molecule is NC(=O)C1(C(=O)NCc2nc(-c3cccc(F)c3)c(-c3ccccn3)[nH]2)CC1. The summed E-state index contributed by atoms with van der Waals surface area (Å²) in [5.74, 6) is -0.921. The molecule has 1 fully saturated rings. The molecule has 2 amide bonds. The van der Waals surface area contributed by atoms with Gasteiger partial charge in [-0.2, -0.15) is 0 Å². The molecule has 0 saturated heterocycles. The van der Waals surface area contributed by atoms with Crippen molar-refractivity contribution in [2.45, 2.75) is 19.4 Å². The molecule has 0 bridgehead atoms. The summed E-state index contributed by atoms with van der Waals surface area (Å²) in [4.78, 5) is 35.8. The van der Waals surface area contributed by atoms with Crippen LogP contribution in [0.3, 0.4) is 0 Å². The van der Waals surface area contributed by atoms with E-state index in [1.54, 1.807) is 24.4 Å². The van der Waals surface area contributed by atoms with E-state index < -0.39 is 17.2 Å². The number of halogens is 1. The molecule has 7 nitrogen and oxygen atoms in total. The summed E-state index contributed by atoms with van der Waals surface area (Å²) < 4.78 is 13.7. The summed E-state index contributed by atoms with van der Waals surface area (Å²) in [5, 5.41) is 2.71. The van der Waals surface area contributed by atoms with E-state index >= 15 is 0 Å². The summed E-state index contributed by atoms with van der Waals surface area (Å²) in [6, 6.07) is 11.5. The van der Waals surface area contributed by atoms with Crippen LogP contribution in [0.4, 0.5) is 4.39 Å². The fraction of sp³-hybridized carbons (Fsp3) is 0.200. The van der Waals surface area contributed by atoms with Crippen molar-refractivity contribution in [1.29, 1.82) is 0 Å². The summed E-state index contributed by atoms with van der Waals surface area (Å²) in [6.45, 7) is 0.0863. The van der Waals surface area contributed by atoms with Crippen LogP contribution in [0.15, 0.2) is 48.7 Å². The predicted molar refractivity (Wildman–Crippen MR) is 99.9 cm³/mol. The first-order valence-electron chi connectivity index (χ1n) is 8.84.